The third-order valence-electron chi connectivity index (χ3n) is 4.69. The maximum Gasteiger partial charge on any atom is 0.233 e. The van der Waals surface area contributed by atoms with E-state index < -0.39 is 0 Å². The molecular weight excluding hydrogens is 377 g/mol. The Morgan fingerprint density at radius 1 is 1.25 bits per heavy atom. The molecule has 0 N–H and O–H groups in total. The summed E-state index contributed by atoms with van der Waals surface area (Å²) in [5.41, 5.74) is 1.42. The summed E-state index contributed by atoms with van der Waals surface area (Å²) in [5.74, 6) is 0.655. The van der Waals surface area contributed by atoms with E-state index in [4.69, 9.17) is 0 Å². The molecule has 0 bridgehead atoms. The quantitative estimate of drug-likeness (QED) is 0.573. The van der Waals surface area contributed by atoms with Crippen LogP contribution >= 0.6 is 11.8 Å². The van der Waals surface area contributed by atoms with Gasteiger partial charge in [0, 0.05) is 43.2 Å². The number of aromatic nitrogens is 4. The van der Waals surface area contributed by atoms with E-state index in [-0.39, 0.29) is 23.5 Å². The van der Waals surface area contributed by atoms with Crippen molar-refractivity contribution in [2.45, 2.75) is 30.6 Å². The van der Waals surface area contributed by atoms with Crippen molar-refractivity contribution in [2.24, 2.45) is 7.05 Å². The highest BCUT2D eigenvalue weighted by Gasteiger charge is 2.33. The third-order valence-corrected chi connectivity index (χ3v) is 5.69. The van der Waals surface area contributed by atoms with Crippen LogP contribution in [-0.2, 0) is 18.4 Å². The van der Waals surface area contributed by atoms with Crippen LogP contribution in [0.2, 0.25) is 0 Å². The van der Waals surface area contributed by atoms with Crippen LogP contribution in [0.25, 0.3) is 11.4 Å². The molecule has 1 aliphatic rings. The average molecular weight is 397 g/mol. The van der Waals surface area contributed by atoms with Crippen LogP contribution in [0.1, 0.15) is 18.4 Å². The zero-order valence-corrected chi connectivity index (χ0v) is 16.3. The van der Waals surface area contributed by atoms with Crippen molar-refractivity contribution in [3.05, 3.63) is 60.2 Å². The molecule has 1 saturated carbocycles. The standard InChI is InChI=1S/C20H20FN5OS/c1-25-19(14-6-4-10-22-11-14)23-24-20(25)28-13-18(27)26(16-8-9-16)12-15-5-2-3-7-17(15)21/h2-7,10-11,16H,8-9,12-13H2,1H3. The molecule has 28 heavy (non-hydrogen) atoms. The monoisotopic (exact) mass is 397 g/mol. The second-order valence-electron chi connectivity index (χ2n) is 6.74. The molecule has 8 heteroatoms. The molecule has 0 atom stereocenters. The summed E-state index contributed by atoms with van der Waals surface area (Å²) >= 11 is 1.34. The normalized spacial score (nSPS) is 13.5. The Labute approximate surface area is 166 Å². The Morgan fingerprint density at radius 2 is 2.07 bits per heavy atom. The summed E-state index contributed by atoms with van der Waals surface area (Å²) in [7, 11) is 1.87. The fraction of sp³-hybridized carbons (Fsp3) is 0.300. The highest BCUT2D eigenvalue weighted by molar-refractivity contribution is 7.99. The number of halogens is 1. The third kappa shape index (κ3) is 4.06. The van der Waals surface area contributed by atoms with E-state index in [1.165, 1.54) is 17.8 Å². The van der Waals surface area contributed by atoms with E-state index in [0.29, 0.717) is 23.1 Å². The molecule has 2 heterocycles. The summed E-state index contributed by atoms with van der Waals surface area (Å²) in [6, 6.07) is 10.6. The molecule has 1 amide bonds. The van der Waals surface area contributed by atoms with Gasteiger partial charge in [0.05, 0.1) is 5.75 Å². The van der Waals surface area contributed by atoms with Crippen LogP contribution < -0.4 is 0 Å². The lowest BCUT2D eigenvalue weighted by Gasteiger charge is -2.22. The van der Waals surface area contributed by atoms with Crippen molar-refractivity contribution in [3.8, 4) is 11.4 Å². The fourth-order valence-corrected chi connectivity index (χ4v) is 3.81. The predicted octanol–water partition coefficient (Wildman–Crippen LogP) is 3.30. The van der Waals surface area contributed by atoms with Crippen molar-refractivity contribution in [3.63, 3.8) is 0 Å². The summed E-state index contributed by atoms with van der Waals surface area (Å²) in [4.78, 5) is 18.7. The Bertz CT molecular complexity index is 974. The average Bonchev–Trinajstić information content (AvgIpc) is 3.49. The minimum Gasteiger partial charge on any atom is -0.335 e. The molecule has 1 aromatic carbocycles. The Hall–Kier alpha value is -2.74. The lowest BCUT2D eigenvalue weighted by Crippen LogP contribution is -2.34. The fourth-order valence-electron chi connectivity index (χ4n) is 3.01. The van der Waals surface area contributed by atoms with Gasteiger partial charge in [0.2, 0.25) is 5.91 Å². The molecule has 0 unspecified atom stereocenters. The van der Waals surface area contributed by atoms with E-state index in [1.54, 1.807) is 35.5 Å². The first-order chi connectivity index (χ1) is 13.6. The van der Waals surface area contributed by atoms with Gasteiger partial charge in [-0.3, -0.25) is 9.78 Å². The SMILES string of the molecule is Cn1c(SCC(=O)N(Cc2ccccc2F)C2CC2)nnc1-c1cccnc1. The molecular formula is C20H20FN5OS. The number of rotatable bonds is 7. The Kier molecular flexibility index (Phi) is 5.38. The van der Waals surface area contributed by atoms with E-state index in [0.717, 1.165) is 18.4 Å². The number of amides is 1. The second kappa shape index (κ2) is 8.10. The smallest absolute Gasteiger partial charge is 0.233 e. The lowest BCUT2D eigenvalue weighted by molar-refractivity contribution is -0.129. The van der Waals surface area contributed by atoms with Gasteiger partial charge >= 0.3 is 0 Å². The number of hydrogen-bond donors (Lipinski definition) is 0. The van der Waals surface area contributed by atoms with E-state index in [9.17, 15) is 9.18 Å². The van der Waals surface area contributed by atoms with Crippen molar-refractivity contribution in [1.82, 2.24) is 24.6 Å². The van der Waals surface area contributed by atoms with Crippen LogP contribution in [0.5, 0.6) is 0 Å². The van der Waals surface area contributed by atoms with Gasteiger partial charge in [-0.1, -0.05) is 30.0 Å². The van der Waals surface area contributed by atoms with Crippen LogP contribution in [0, 0.1) is 5.82 Å². The van der Waals surface area contributed by atoms with E-state index >= 15 is 0 Å². The second-order valence-corrected chi connectivity index (χ2v) is 7.68. The first-order valence-corrected chi connectivity index (χ1v) is 10.1. The Morgan fingerprint density at radius 3 is 2.79 bits per heavy atom. The number of carbonyl (C=O) groups is 1. The van der Waals surface area contributed by atoms with Crippen molar-refractivity contribution in [1.29, 1.82) is 0 Å². The molecule has 4 rings (SSSR count). The largest absolute Gasteiger partial charge is 0.335 e. The van der Waals surface area contributed by atoms with Gasteiger partial charge < -0.3 is 9.47 Å². The maximum atomic E-state index is 14.0. The number of pyridine rings is 1. The first-order valence-electron chi connectivity index (χ1n) is 9.09. The topological polar surface area (TPSA) is 63.9 Å². The zero-order chi connectivity index (χ0) is 19.5. The molecule has 0 spiro atoms. The van der Waals surface area contributed by atoms with Gasteiger partial charge in [-0.05, 0) is 31.0 Å². The molecule has 2 aromatic heterocycles. The van der Waals surface area contributed by atoms with Crippen LogP contribution in [0.4, 0.5) is 4.39 Å². The predicted molar refractivity (Wildman–Crippen MR) is 105 cm³/mol. The van der Waals surface area contributed by atoms with Crippen LogP contribution in [-0.4, -0.2) is 42.4 Å². The van der Waals surface area contributed by atoms with Gasteiger partial charge in [0.15, 0.2) is 11.0 Å². The van der Waals surface area contributed by atoms with Crippen molar-refractivity contribution >= 4 is 17.7 Å². The van der Waals surface area contributed by atoms with Crippen LogP contribution in [0.3, 0.4) is 0 Å². The highest BCUT2D eigenvalue weighted by atomic mass is 32.2. The minimum absolute atomic E-state index is 0.0123. The summed E-state index contributed by atoms with van der Waals surface area (Å²) < 4.78 is 15.8. The molecule has 1 aliphatic carbocycles. The molecule has 6 nitrogen and oxygen atoms in total. The van der Waals surface area contributed by atoms with Crippen molar-refractivity contribution in [2.75, 3.05) is 5.75 Å². The summed E-state index contributed by atoms with van der Waals surface area (Å²) in [6.45, 7) is 0.302. The summed E-state index contributed by atoms with van der Waals surface area (Å²) in [6.07, 6.45) is 5.38. The number of benzene rings is 1. The molecule has 0 aliphatic heterocycles. The van der Waals surface area contributed by atoms with Crippen molar-refractivity contribution < 1.29 is 9.18 Å². The molecule has 1 fully saturated rings. The number of carbonyl (C=O) groups excluding carboxylic acids is 1. The number of thioether (sulfide) groups is 1. The lowest BCUT2D eigenvalue weighted by atomic mass is 10.2. The Balaban J connectivity index is 1.43. The molecule has 0 radical (unpaired) electrons. The van der Waals surface area contributed by atoms with Gasteiger partial charge in [0.25, 0.3) is 0 Å². The highest BCUT2D eigenvalue weighted by Crippen LogP contribution is 2.30. The maximum absolute atomic E-state index is 14.0. The zero-order valence-electron chi connectivity index (χ0n) is 15.5. The summed E-state index contributed by atoms with van der Waals surface area (Å²) in [5, 5.41) is 9.07. The van der Waals surface area contributed by atoms with E-state index in [2.05, 4.69) is 15.2 Å². The number of nitrogens with zero attached hydrogens (tertiary/aromatic N) is 5. The molecule has 3 aromatic rings. The van der Waals surface area contributed by atoms with Gasteiger partial charge in [0.1, 0.15) is 5.82 Å². The number of hydrogen-bond acceptors (Lipinski definition) is 5. The van der Waals surface area contributed by atoms with E-state index in [1.807, 2.05) is 23.7 Å². The molecule has 0 saturated heterocycles. The van der Waals surface area contributed by atoms with Gasteiger partial charge in [-0.2, -0.15) is 0 Å². The minimum atomic E-state index is -0.275. The van der Waals surface area contributed by atoms with Gasteiger partial charge in [-0.15, -0.1) is 10.2 Å². The first kappa shape index (κ1) is 18.6. The van der Waals surface area contributed by atoms with Gasteiger partial charge in [-0.25, -0.2) is 4.39 Å². The molecule has 144 valence electrons. The van der Waals surface area contributed by atoms with Crippen LogP contribution in [0.15, 0.2) is 53.9 Å².